The molecule has 1 aromatic rings. The van der Waals surface area contributed by atoms with Gasteiger partial charge in [0.05, 0.1) is 0 Å². The van der Waals surface area contributed by atoms with E-state index in [4.69, 9.17) is 0 Å². The number of carbonyl (C=O) groups excluding carboxylic acids is 1. The summed E-state index contributed by atoms with van der Waals surface area (Å²) >= 11 is 0. The van der Waals surface area contributed by atoms with Gasteiger partial charge in [-0.15, -0.1) is 0 Å². The summed E-state index contributed by atoms with van der Waals surface area (Å²) in [6.07, 6.45) is -5.70. The molecule has 0 radical (unpaired) electrons. The summed E-state index contributed by atoms with van der Waals surface area (Å²) in [6, 6.07) is 1.72. The second kappa shape index (κ2) is 6.72. The van der Waals surface area contributed by atoms with Crippen LogP contribution in [0.25, 0.3) is 0 Å². The fourth-order valence-corrected chi connectivity index (χ4v) is 2.34. The topological polar surface area (TPSA) is 78.8 Å². The zero-order chi connectivity index (χ0) is 16.3. The summed E-state index contributed by atoms with van der Waals surface area (Å²) in [4.78, 5) is 15.7. The van der Waals surface area contributed by atoms with Gasteiger partial charge in [0.2, 0.25) is 0 Å². The van der Waals surface area contributed by atoms with E-state index in [-0.39, 0.29) is 0 Å². The number of alkyl halides is 3. The zero-order valence-electron chi connectivity index (χ0n) is 11.1. The molecule has 0 saturated carbocycles. The minimum absolute atomic E-state index is 0.437. The summed E-state index contributed by atoms with van der Waals surface area (Å²) in [7, 11) is 2.83. The molecule has 2 atom stereocenters. The van der Waals surface area contributed by atoms with Gasteiger partial charge < -0.3 is 0 Å². The van der Waals surface area contributed by atoms with Gasteiger partial charge in [-0.05, 0) is 0 Å². The van der Waals surface area contributed by atoms with Crippen molar-refractivity contribution in [3.05, 3.63) is 17.7 Å². The molecule has 0 saturated heterocycles. The van der Waals surface area contributed by atoms with Gasteiger partial charge in [0.25, 0.3) is 0 Å². The molecule has 0 aliphatic heterocycles. The van der Waals surface area contributed by atoms with Crippen LogP contribution in [0.2, 0.25) is 0 Å². The Kier molecular flexibility index (Phi) is 5.72. The first-order valence-electron chi connectivity index (χ1n) is 5.77. The van der Waals surface area contributed by atoms with Crippen molar-refractivity contribution in [2.24, 2.45) is 0 Å². The third-order valence-electron chi connectivity index (χ3n) is 2.99. The summed E-state index contributed by atoms with van der Waals surface area (Å²) in [5.74, 6) is 0. The monoisotopic (exact) mass is 323 g/mol. The molecule has 1 aromatic heterocycles. The number of nitrogens with one attached hydrogen (secondary N) is 1. The van der Waals surface area contributed by atoms with Crippen molar-refractivity contribution in [1.29, 1.82) is 0 Å². The standard InChI is InChI=1S/C11H14BF3NO4P/c1-20-16-5-10(4-9(19)21,11(13,14)15)6-2-7(17)12-8(18)3-6/h2-3,16-18H,4-5,21H2,1H3. The van der Waals surface area contributed by atoms with Crippen LogP contribution in [0.4, 0.5) is 13.2 Å². The normalized spacial score (nSPS) is 14.5. The van der Waals surface area contributed by atoms with E-state index in [1.807, 2.05) is 0 Å². The van der Waals surface area contributed by atoms with Gasteiger partial charge in [0, 0.05) is 0 Å². The molecule has 10 heteroatoms. The maximum atomic E-state index is 13.6. The van der Waals surface area contributed by atoms with Gasteiger partial charge in [0.1, 0.15) is 0 Å². The van der Waals surface area contributed by atoms with Crippen LogP contribution in [-0.2, 0) is 15.0 Å². The van der Waals surface area contributed by atoms with Gasteiger partial charge in [-0.2, -0.15) is 0 Å². The number of halogens is 3. The predicted molar refractivity (Wildman–Crippen MR) is 73.2 cm³/mol. The number of carbonyl (C=O) groups is 1. The summed E-state index contributed by atoms with van der Waals surface area (Å²) < 4.78 is 40.8. The molecule has 0 spiro atoms. The van der Waals surface area contributed by atoms with Gasteiger partial charge in [-0.25, -0.2) is 0 Å². The van der Waals surface area contributed by atoms with Crippen LogP contribution in [0.5, 0.6) is 11.3 Å². The Morgan fingerprint density at radius 2 is 1.90 bits per heavy atom. The van der Waals surface area contributed by atoms with Crippen molar-refractivity contribution in [2.75, 3.05) is 13.7 Å². The van der Waals surface area contributed by atoms with Crippen LogP contribution in [0, 0.1) is 0 Å². The van der Waals surface area contributed by atoms with E-state index in [0.717, 1.165) is 26.2 Å². The first kappa shape index (κ1) is 17.9. The SMILES string of the molecule is CONCC(CC(=O)P)(c1cc(O)bc(O)c1)C(F)(F)F. The van der Waals surface area contributed by atoms with Crippen molar-refractivity contribution >= 4 is 21.7 Å². The average molecular weight is 323 g/mol. The first-order chi connectivity index (χ1) is 9.62. The van der Waals surface area contributed by atoms with Gasteiger partial charge >= 0.3 is 121 Å². The molecule has 2 unspecified atom stereocenters. The second-order valence-electron chi connectivity index (χ2n) is 4.49. The van der Waals surface area contributed by atoms with E-state index in [1.165, 1.54) is 0 Å². The van der Waals surface area contributed by atoms with Crippen molar-refractivity contribution in [3.8, 4) is 11.3 Å². The van der Waals surface area contributed by atoms with E-state index in [0.29, 0.717) is 0 Å². The molecule has 0 aromatic carbocycles. The molecule has 0 bridgehead atoms. The quantitative estimate of drug-likeness (QED) is 0.541. The molecule has 1 heterocycles. The maximum absolute atomic E-state index is 13.6. The average Bonchev–Trinajstić information content (AvgIpc) is 2.31. The number of aromatic hydroxyl groups is 2. The van der Waals surface area contributed by atoms with Crippen LogP contribution in [0.15, 0.2) is 12.1 Å². The molecule has 21 heavy (non-hydrogen) atoms. The van der Waals surface area contributed by atoms with E-state index < -0.39 is 46.9 Å². The predicted octanol–water partition coefficient (Wildman–Crippen LogP) is 1.18. The number of hydrogen-bond acceptors (Lipinski definition) is 5. The van der Waals surface area contributed by atoms with Crippen molar-refractivity contribution in [3.63, 3.8) is 0 Å². The zero-order valence-corrected chi connectivity index (χ0v) is 12.2. The van der Waals surface area contributed by atoms with Crippen LogP contribution in [0.3, 0.4) is 0 Å². The summed E-state index contributed by atoms with van der Waals surface area (Å²) in [6.45, 7) is 0.146. The second-order valence-corrected chi connectivity index (χ2v) is 5.13. The van der Waals surface area contributed by atoms with Gasteiger partial charge in [-0.3, -0.25) is 0 Å². The molecular formula is C11H14BF3NO4P. The number of hydrogen-bond donors (Lipinski definition) is 3. The Labute approximate surface area is 121 Å². The Hall–Kier alpha value is -1.18. The molecule has 1 rings (SSSR count). The van der Waals surface area contributed by atoms with Crippen molar-refractivity contribution in [1.82, 2.24) is 5.48 Å². The fraction of sp³-hybridized carbons (Fsp3) is 0.455. The Morgan fingerprint density at radius 1 is 1.38 bits per heavy atom. The van der Waals surface area contributed by atoms with E-state index >= 15 is 0 Å². The Bertz CT molecular complexity index is 508. The van der Waals surface area contributed by atoms with Crippen molar-refractivity contribution < 1.29 is 33.0 Å². The third kappa shape index (κ3) is 4.15. The Balaban J connectivity index is 3.48. The molecule has 116 valence electrons. The number of hydroxylamine groups is 1. The third-order valence-corrected chi connectivity index (χ3v) is 3.20. The van der Waals surface area contributed by atoms with Gasteiger partial charge in [0.15, 0.2) is 0 Å². The minimum atomic E-state index is -4.81. The van der Waals surface area contributed by atoms with Crippen LogP contribution in [-0.4, -0.2) is 42.5 Å². The molecular weight excluding hydrogens is 309 g/mol. The molecule has 0 aliphatic rings. The van der Waals surface area contributed by atoms with Crippen LogP contribution >= 0.6 is 9.24 Å². The van der Waals surface area contributed by atoms with Crippen LogP contribution < -0.4 is 5.48 Å². The number of rotatable bonds is 6. The molecule has 0 fully saturated rings. The van der Waals surface area contributed by atoms with Crippen LogP contribution in [0.1, 0.15) is 12.0 Å². The van der Waals surface area contributed by atoms with E-state index in [1.54, 1.807) is 9.24 Å². The van der Waals surface area contributed by atoms with Gasteiger partial charge in [-0.1, -0.05) is 0 Å². The van der Waals surface area contributed by atoms with E-state index in [9.17, 15) is 28.2 Å². The first-order valence-corrected chi connectivity index (χ1v) is 6.34. The summed E-state index contributed by atoms with van der Waals surface area (Å²) in [5.41, 5.74) is -2.82. The molecule has 0 aliphatic carbocycles. The van der Waals surface area contributed by atoms with Crippen molar-refractivity contribution in [2.45, 2.75) is 18.0 Å². The fourth-order valence-electron chi connectivity index (χ4n) is 1.99. The molecule has 3 N–H and O–H groups in total. The molecule has 5 nitrogen and oxygen atoms in total. The Morgan fingerprint density at radius 3 is 2.29 bits per heavy atom. The molecule has 0 amide bonds. The van der Waals surface area contributed by atoms with E-state index in [2.05, 4.69) is 10.3 Å². The summed E-state index contributed by atoms with van der Waals surface area (Å²) in [5, 5.41) is 18.8.